The molecule has 1 atom stereocenters. The van der Waals surface area contributed by atoms with Gasteiger partial charge in [-0.3, -0.25) is 0 Å². The quantitative estimate of drug-likeness (QED) is 0.575. The summed E-state index contributed by atoms with van der Waals surface area (Å²) >= 11 is 12.0. The fraction of sp³-hybridized carbons (Fsp3) is 0.533. The normalized spacial score (nSPS) is 13.3. The fourth-order valence-electron chi connectivity index (χ4n) is 2.38. The van der Waals surface area contributed by atoms with Crippen LogP contribution in [0.15, 0.2) is 12.1 Å². The third-order valence-electron chi connectivity index (χ3n) is 3.41. The maximum Gasteiger partial charge on any atom is 0.144 e. The van der Waals surface area contributed by atoms with Crippen LogP contribution in [-0.4, -0.2) is 35.1 Å². The van der Waals surface area contributed by atoms with Crippen molar-refractivity contribution in [2.24, 2.45) is 0 Å². The summed E-state index contributed by atoms with van der Waals surface area (Å²) in [4.78, 5) is 6.65. The van der Waals surface area contributed by atoms with Crippen molar-refractivity contribution in [2.75, 3.05) is 20.6 Å². The molecule has 2 rings (SSSR count). The van der Waals surface area contributed by atoms with Crippen LogP contribution < -0.4 is 0 Å². The molecule has 116 valence electrons. The Labute approximate surface area is 134 Å². The smallest absolute Gasteiger partial charge is 0.144 e. The number of nitrogens with zero attached hydrogens (tertiary/aromatic N) is 3. The molecule has 1 heterocycles. The molecule has 0 radical (unpaired) electrons. The van der Waals surface area contributed by atoms with E-state index in [2.05, 4.69) is 24.0 Å². The van der Waals surface area contributed by atoms with Crippen molar-refractivity contribution in [3.05, 3.63) is 28.8 Å². The Morgan fingerprint density at radius 3 is 2.67 bits per heavy atom. The Balaban J connectivity index is 2.30. The lowest BCUT2D eigenvalue weighted by Gasteiger charge is -2.12. The van der Waals surface area contributed by atoms with Crippen molar-refractivity contribution in [2.45, 2.75) is 31.7 Å². The third kappa shape index (κ3) is 3.87. The molecule has 3 nitrogen and oxygen atoms in total. The summed E-state index contributed by atoms with van der Waals surface area (Å²) in [5, 5.41) is -0.137. The van der Waals surface area contributed by atoms with Gasteiger partial charge in [-0.1, -0.05) is 11.6 Å². The van der Waals surface area contributed by atoms with Gasteiger partial charge < -0.3 is 9.47 Å². The maximum absolute atomic E-state index is 13.7. The highest BCUT2D eigenvalue weighted by molar-refractivity contribution is 6.31. The van der Waals surface area contributed by atoms with Gasteiger partial charge in [-0.15, -0.1) is 11.6 Å². The van der Waals surface area contributed by atoms with E-state index >= 15 is 0 Å². The molecule has 0 aliphatic heterocycles. The van der Waals surface area contributed by atoms with Crippen LogP contribution in [0.25, 0.3) is 11.0 Å². The molecule has 1 aromatic carbocycles. The van der Waals surface area contributed by atoms with Crippen LogP contribution in [0.5, 0.6) is 0 Å². The van der Waals surface area contributed by atoms with Gasteiger partial charge in [-0.05, 0) is 46.5 Å². The maximum atomic E-state index is 13.7. The predicted molar refractivity (Wildman–Crippen MR) is 86.8 cm³/mol. The van der Waals surface area contributed by atoms with E-state index in [4.69, 9.17) is 23.2 Å². The molecular formula is C15H20Cl2FN3. The molecule has 0 bridgehead atoms. The summed E-state index contributed by atoms with van der Waals surface area (Å²) in [5.41, 5.74) is 1.45. The van der Waals surface area contributed by atoms with Crippen molar-refractivity contribution in [1.82, 2.24) is 14.5 Å². The molecule has 0 aliphatic rings. The molecular weight excluding hydrogens is 312 g/mol. The Kier molecular flexibility index (Phi) is 5.47. The minimum atomic E-state index is -0.424. The van der Waals surface area contributed by atoms with E-state index in [-0.39, 0.29) is 10.4 Å². The largest absolute Gasteiger partial charge is 0.327 e. The SMILES string of the molecule is CC(Cl)c1nc2cc(Cl)c(F)cc2n1CCCCN(C)C. The molecule has 21 heavy (non-hydrogen) atoms. The van der Waals surface area contributed by atoms with Gasteiger partial charge in [0, 0.05) is 12.6 Å². The zero-order chi connectivity index (χ0) is 15.6. The molecule has 0 saturated heterocycles. The van der Waals surface area contributed by atoms with Crippen LogP contribution in [0.4, 0.5) is 4.39 Å². The monoisotopic (exact) mass is 331 g/mol. The number of hydrogen-bond donors (Lipinski definition) is 0. The van der Waals surface area contributed by atoms with Gasteiger partial charge in [0.05, 0.1) is 21.4 Å². The number of aryl methyl sites for hydroxylation is 1. The Bertz CT molecular complexity index is 623. The molecule has 0 fully saturated rings. The number of aromatic nitrogens is 2. The van der Waals surface area contributed by atoms with E-state index in [1.165, 1.54) is 6.07 Å². The zero-order valence-corrected chi connectivity index (χ0v) is 14.0. The first-order valence-corrected chi connectivity index (χ1v) is 7.85. The minimum absolute atomic E-state index is 0.0912. The van der Waals surface area contributed by atoms with Gasteiger partial charge in [0.15, 0.2) is 0 Å². The van der Waals surface area contributed by atoms with E-state index < -0.39 is 5.82 Å². The van der Waals surface area contributed by atoms with E-state index in [0.29, 0.717) is 5.52 Å². The second-order valence-corrected chi connectivity index (χ2v) is 6.56. The van der Waals surface area contributed by atoms with Crippen molar-refractivity contribution in [3.63, 3.8) is 0 Å². The lowest BCUT2D eigenvalue weighted by molar-refractivity contribution is 0.387. The first-order valence-electron chi connectivity index (χ1n) is 7.04. The number of halogens is 3. The number of unbranched alkanes of at least 4 members (excludes halogenated alkanes) is 1. The molecule has 0 spiro atoms. The summed E-state index contributed by atoms with van der Waals surface area (Å²) in [7, 11) is 4.10. The zero-order valence-electron chi connectivity index (χ0n) is 12.5. The Hall–Kier alpha value is -0.840. The van der Waals surface area contributed by atoms with Crippen LogP contribution in [0.3, 0.4) is 0 Å². The van der Waals surface area contributed by atoms with Crippen LogP contribution in [0, 0.1) is 5.82 Å². The predicted octanol–water partition coefficient (Wildman–Crippen LogP) is 4.47. The van der Waals surface area contributed by atoms with Crippen molar-refractivity contribution >= 4 is 34.2 Å². The summed E-state index contributed by atoms with van der Waals surface area (Å²) in [6, 6.07) is 3.00. The van der Waals surface area contributed by atoms with Gasteiger partial charge in [-0.25, -0.2) is 9.37 Å². The topological polar surface area (TPSA) is 21.1 Å². The number of fused-ring (bicyclic) bond motifs is 1. The van der Waals surface area contributed by atoms with Gasteiger partial charge in [0.1, 0.15) is 11.6 Å². The number of alkyl halides is 1. The highest BCUT2D eigenvalue weighted by atomic mass is 35.5. The molecule has 1 unspecified atom stereocenters. The average Bonchev–Trinajstić information content (AvgIpc) is 2.73. The van der Waals surface area contributed by atoms with Crippen LogP contribution >= 0.6 is 23.2 Å². The van der Waals surface area contributed by atoms with Gasteiger partial charge in [-0.2, -0.15) is 0 Å². The van der Waals surface area contributed by atoms with Gasteiger partial charge in [0.2, 0.25) is 0 Å². The number of rotatable bonds is 6. The van der Waals surface area contributed by atoms with Crippen LogP contribution in [0.2, 0.25) is 5.02 Å². The lowest BCUT2D eigenvalue weighted by Crippen LogP contribution is -2.14. The van der Waals surface area contributed by atoms with Crippen LogP contribution in [-0.2, 0) is 6.54 Å². The summed E-state index contributed by atoms with van der Waals surface area (Å²) in [5.74, 6) is 0.338. The molecule has 0 N–H and O–H groups in total. The Morgan fingerprint density at radius 2 is 2.05 bits per heavy atom. The molecule has 0 saturated carbocycles. The van der Waals surface area contributed by atoms with Crippen LogP contribution in [0.1, 0.15) is 31.0 Å². The Morgan fingerprint density at radius 1 is 1.33 bits per heavy atom. The van der Waals surface area contributed by atoms with Gasteiger partial charge in [0.25, 0.3) is 0 Å². The highest BCUT2D eigenvalue weighted by Crippen LogP contribution is 2.28. The van der Waals surface area contributed by atoms with Crippen molar-refractivity contribution < 1.29 is 4.39 Å². The number of hydrogen-bond acceptors (Lipinski definition) is 2. The van der Waals surface area contributed by atoms with Gasteiger partial charge >= 0.3 is 0 Å². The highest BCUT2D eigenvalue weighted by Gasteiger charge is 2.16. The van der Waals surface area contributed by atoms with E-state index in [9.17, 15) is 4.39 Å². The fourth-order valence-corrected chi connectivity index (χ4v) is 2.70. The molecule has 6 heteroatoms. The number of imidazole rings is 1. The lowest BCUT2D eigenvalue weighted by atomic mass is 10.2. The standard InChI is InChI=1S/C15H20Cl2FN3/c1-10(16)15-19-13-8-11(17)12(18)9-14(13)21(15)7-5-4-6-20(2)3/h8-10H,4-7H2,1-3H3. The first-order chi connectivity index (χ1) is 9.90. The summed E-state index contributed by atoms with van der Waals surface area (Å²) in [6.07, 6.45) is 2.06. The van der Waals surface area contributed by atoms with E-state index in [1.807, 2.05) is 11.5 Å². The first kappa shape index (κ1) is 16.5. The second kappa shape index (κ2) is 6.95. The molecule has 0 amide bonds. The molecule has 2 aromatic rings. The third-order valence-corrected chi connectivity index (χ3v) is 3.90. The minimum Gasteiger partial charge on any atom is -0.327 e. The van der Waals surface area contributed by atoms with E-state index in [0.717, 1.165) is 37.3 Å². The summed E-state index contributed by atoms with van der Waals surface area (Å²) < 4.78 is 15.7. The summed E-state index contributed by atoms with van der Waals surface area (Å²) in [6.45, 7) is 3.67. The second-order valence-electron chi connectivity index (χ2n) is 5.50. The van der Waals surface area contributed by atoms with E-state index in [1.54, 1.807) is 6.07 Å². The average molecular weight is 332 g/mol. The molecule has 0 aliphatic carbocycles. The van der Waals surface area contributed by atoms with Crippen molar-refractivity contribution in [1.29, 1.82) is 0 Å². The molecule has 1 aromatic heterocycles. The number of benzene rings is 1. The van der Waals surface area contributed by atoms with Crippen molar-refractivity contribution in [3.8, 4) is 0 Å².